The van der Waals surface area contributed by atoms with Crippen molar-refractivity contribution >= 4 is 23.2 Å². The zero-order chi connectivity index (χ0) is 13.7. The first-order chi connectivity index (χ1) is 9.20. The second kappa shape index (κ2) is 6.07. The fourth-order valence-electron chi connectivity index (χ4n) is 1.41. The Hall–Kier alpha value is -2.25. The van der Waals surface area contributed by atoms with Crippen LogP contribution in [-0.2, 0) is 6.54 Å². The van der Waals surface area contributed by atoms with Gasteiger partial charge in [0.1, 0.15) is 0 Å². The van der Waals surface area contributed by atoms with Crippen molar-refractivity contribution in [3.63, 3.8) is 0 Å². The highest BCUT2D eigenvalue weighted by molar-refractivity contribution is 7.15. The molecule has 3 N–H and O–H groups in total. The standard InChI is InChI=1S/C12H11N3O3S/c16-11(14-7-8-2-1-5-13-6-8)9-3-4-10(19-9)12(17)15-18/h1-6,18H,7H2,(H,14,16)(H,15,17). The fraction of sp³-hybridized carbons (Fsp3) is 0.0833. The van der Waals surface area contributed by atoms with Crippen LogP contribution in [0.4, 0.5) is 0 Å². The molecule has 2 rings (SSSR count). The number of hydroxylamine groups is 1. The average molecular weight is 277 g/mol. The van der Waals surface area contributed by atoms with Crippen LogP contribution in [0.25, 0.3) is 0 Å². The van der Waals surface area contributed by atoms with Gasteiger partial charge in [0.2, 0.25) is 0 Å². The highest BCUT2D eigenvalue weighted by Crippen LogP contribution is 2.16. The molecular formula is C12H11N3O3S. The van der Waals surface area contributed by atoms with Crippen LogP contribution in [0.2, 0.25) is 0 Å². The number of amides is 2. The molecule has 0 radical (unpaired) electrons. The predicted molar refractivity (Wildman–Crippen MR) is 69.0 cm³/mol. The van der Waals surface area contributed by atoms with Crippen LogP contribution in [0.5, 0.6) is 0 Å². The lowest BCUT2D eigenvalue weighted by atomic mass is 10.3. The van der Waals surface area contributed by atoms with E-state index in [9.17, 15) is 9.59 Å². The number of rotatable bonds is 4. The number of nitrogens with one attached hydrogen (secondary N) is 2. The van der Waals surface area contributed by atoms with Gasteiger partial charge in [0.15, 0.2) is 0 Å². The minimum atomic E-state index is -0.628. The monoisotopic (exact) mass is 277 g/mol. The predicted octanol–water partition coefficient (Wildman–Crippen LogP) is 1.19. The highest BCUT2D eigenvalue weighted by Gasteiger charge is 2.12. The van der Waals surface area contributed by atoms with E-state index in [0.717, 1.165) is 16.9 Å². The van der Waals surface area contributed by atoms with Gasteiger partial charge in [-0.1, -0.05) is 6.07 Å². The quantitative estimate of drug-likeness (QED) is 0.578. The maximum Gasteiger partial charge on any atom is 0.284 e. The summed E-state index contributed by atoms with van der Waals surface area (Å²) in [5, 5.41) is 11.2. The van der Waals surface area contributed by atoms with E-state index in [0.29, 0.717) is 11.4 Å². The van der Waals surface area contributed by atoms with Crippen LogP contribution in [0.1, 0.15) is 24.9 Å². The molecule has 0 unspecified atom stereocenters. The van der Waals surface area contributed by atoms with E-state index in [1.54, 1.807) is 18.5 Å². The minimum absolute atomic E-state index is 0.272. The Labute approximate surface area is 113 Å². The summed E-state index contributed by atoms with van der Waals surface area (Å²) in [6.45, 7) is 0.367. The van der Waals surface area contributed by atoms with E-state index in [1.807, 2.05) is 6.07 Å². The van der Waals surface area contributed by atoms with E-state index in [2.05, 4.69) is 10.3 Å². The summed E-state index contributed by atoms with van der Waals surface area (Å²) < 4.78 is 0. The number of carbonyl (C=O) groups is 2. The summed E-state index contributed by atoms with van der Waals surface area (Å²) in [6.07, 6.45) is 3.32. The van der Waals surface area contributed by atoms with Gasteiger partial charge < -0.3 is 5.32 Å². The van der Waals surface area contributed by atoms with Crippen LogP contribution in [0, 0.1) is 0 Å². The minimum Gasteiger partial charge on any atom is -0.347 e. The highest BCUT2D eigenvalue weighted by atomic mass is 32.1. The van der Waals surface area contributed by atoms with Crippen molar-refractivity contribution in [3.05, 3.63) is 52.0 Å². The number of hydrogen-bond donors (Lipinski definition) is 3. The van der Waals surface area contributed by atoms with Gasteiger partial charge in [-0.2, -0.15) is 0 Å². The van der Waals surface area contributed by atoms with Gasteiger partial charge in [0.25, 0.3) is 11.8 Å². The molecule has 2 aromatic rings. The average Bonchev–Trinajstić information content (AvgIpc) is 2.95. The van der Waals surface area contributed by atoms with Gasteiger partial charge >= 0.3 is 0 Å². The summed E-state index contributed by atoms with van der Waals surface area (Å²) >= 11 is 1.01. The molecule has 98 valence electrons. The van der Waals surface area contributed by atoms with Gasteiger partial charge in [-0.25, -0.2) is 5.48 Å². The first kappa shape index (κ1) is 13.2. The number of pyridine rings is 1. The molecule has 2 amide bonds. The molecule has 2 heterocycles. The fourth-order valence-corrected chi connectivity index (χ4v) is 2.22. The van der Waals surface area contributed by atoms with E-state index in [-0.39, 0.29) is 10.8 Å². The molecule has 0 bridgehead atoms. The van der Waals surface area contributed by atoms with E-state index in [4.69, 9.17) is 5.21 Å². The maximum absolute atomic E-state index is 11.8. The molecule has 0 fully saturated rings. The summed E-state index contributed by atoms with van der Waals surface area (Å²) in [7, 11) is 0. The third-order valence-electron chi connectivity index (χ3n) is 2.33. The summed E-state index contributed by atoms with van der Waals surface area (Å²) in [5.74, 6) is -0.901. The molecule has 0 aromatic carbocycles. The van der Waals surface area contributed by atoms with Gasteiger partial charge in [-0.05, 0) is 23.8 Å². The molecule has 0 aliphatic carbocycles. The molecule has 0 aliphatic rings. The molecule has 0 saturated carbocycles. The van der Waals surface area contributed by atoms with E-state index >= 15 is 0 Å². The zero-order valence-electron chi connectivity index (χ0n) is 9.79. The Morgan fingerprint density at radius 2 is 1.95 bits per heavy atom. The van der Waals surface area contributed by atoms with Gasteiger partial charge in [0.05, 0.1) is 9.75 Å². The Morgan fingerprint density at radius 3 is 2.58 bits per heavy atom. The van der Waals surface area contributed by atoms with Gasteiger partial charge in [0, 0.05) is 18.9 Å². The Balaban J connectivity index is 1.97. The van der Waals surface area contributed by atoms with Crippen LogP contribution in [0.3, 0.4) is 0 Å². The Morgan fingerprint density at radius 1 is 1.21 bits per heavy atom. The molecule has 0 saturated heterocycles. The van der Waals surface area contributed by atoms with Crippen molar-refractivity contribution in [1.82, 2.24) is 15.8 Å². The van der Waals surface area contributed by atoms with Gasteiger partial charge in [-0.3, -0.25) is 19.8 Å². The smallest absolute Gasteiger partial charge is 0.284 e. The summed E-state index contributed by atoms with van der Waals surface area (Å²) in [4.78, 5) is 27.6. The number of nitrogens with zero attached hydrogens (tertiary/aromatic N) is 1. The third-order valence-corrected chi connectivity index (χ3v) is 3.41. The van der Waals surface area contributed by atoms with Crippen molar-refractivity contribution in [2.75, 3.05) is 0 Å². The van der Waals surface area contributed by atoms with Gasteiger partial charge in [-0.15, -0.1) is 11.3 Å². The lowest BCUT2D eigenvalue weighted by molar-refractivity contribution is 0.0711. The number of aromatic nitrogens is 1. The lowest BCUT2D eigenvalue weighted by Gasteiger charge is -2.02. The summed E-state index contributed by atoms with van der Waals surface area (Å²) in [5.41, 5.74) is 2.41. The normalized spacial score (nSPS) is 9.95. The molecule has 0 atom stereocenters. The molecule has 7 heteroatoms. The molecular weight excluding hydrogens is 266 g/mol. The second-order valence-corrected chi connectivity index (χ2v) is 4.73. The Kier molecular flexibility index (Phi) is 4.22. The summed E-state index contributed by atoms with van der Waals surface area (Å²) in [6, 6.07) is 6.66. The number of thiophene rings is 1. The first-order valence-corrected chi connectivity index (χ1v) is 6.23. The number of hydrogen-bond acceptors (Lipinski definition) is 5. The van der Waals surface area contributed by atoms with Crippen molar-refractivity contribution in [2.45, 2.75) is 6.54 Å². The third kappa shape index (κ3) is 3.36. The molecule has 0 aliphatic heterocycles. The molecule has 2 aromatic heterocycles. The first-order valence-electron chi connectivity index (χ1n) is 5.42. The van der Waals surface area contributed by atoms with E-state index < -0.39 is 5.91 Å². The Bertz CT molecular complexity index is 583. The molecule has 0 spiro atoms. The van der Waals surface area contributed by atoms with Crippen molar-refractivity contribution < 1.29 is 14.8 Å². The largest absolute Gasteiger partial charge is 0.347 e. The topological polar surface area (TPSA) is 91.3 Å². The lowest BCUT2D eigenvalue weighted by Crippen LogP contribution is -2.21. The van der Waals surface area contributed by atoms with Crippen LogP contribution in [0.15, 0.2) is 36.7 Å². The van der Waals surface area contributed by atoms with Crippen molar-refractivity contribution in [1.29, 1.82) is 0 Å². The zero-order valence-corrected chi connectivity index (χ0v) is 10.6. The maximum atomic E-state index is 11.8. The van der Waals surface area contributed by atoms with E-state index in [1.165, 1.54) is 17.6 Å². The second-order valence-electron chi connectivity index (χ2n) is 3.65. The number of carbonyl (C=O) groups excluding carboxylic acids is 2. The van der Waals surface area contributed by atoms with Crippen LogP contribution in [-0.4, -0.2) is 22.0 Å². The van der Waals surface area contributed by atoms with Crippen LogP contribution >= 0.6 is 11.3 Å². The van der Waals surface area contributed by atoms with Crippen molar-refractivity contribution in [2.24, 2.45) is 0 Å². The molecule has 6 nitrogen and oxygen atoms in total. The SMILES string of the molecule is O=C(NO)c1ccc(C(=O)NCc2cccnc2)s1. The molecule has 19 heavy (non-hydrogen) atoms. The van der Waals surface area contributed by atoms with Crippen LogP contribution < -0.4 is 10.8 Å². The van der Waals surface area contributed by atoms with Crippen molar-refractivity contribution in [3.8, 4) is 0 Å².